The third kappa shape index (κ3) is 8.95. The first-order valence-electron chi connectivity index (χ1n) is 8.27. The molecule has 1 aromatic rings. The van der Waals surface area contributed by atoms with Crippen molar-refractivity contribution in [2.75, 3.05) is 19.7 Å². The number of carbonyl (C=O) groups is 2. The summed E-state index contributed by atoms with van der Waals surface area (Å²) < 4.78 is 10.4. The second-order valence-corrected chi connectivity index (χ2v) is 6.76. The molecule has 0 aliphatic heterocycles. The number of rotatable bonds is 7. The van der Waals surface area contributed by atoms with Crippen molar-refractivity contribution in [3.05, 3.63) is 35.9 Å². The highest BCUT2D eigenvalue weighted by Crippen LogP contribution is 2.10. The third-order valence-electron chi connectivity index (χ3n) is 3.09. The zero-order chi connectivity index (χ0) is 18.9. The van der Waals surface area contributed by atoms with Crippen molar-refractivity contribution in [2.24, 2.45) is 0 Å². The molecule has 0 spiro atoms. The van der Waals surface area contributed by atoms with E-state index >= 15 is 0 Å². The second kappa shape index (κ2) is 9.88. The highest BCUT2D eigenvalue weighted by Gasteiger charge is 2.23. The molecule has 2 amide bonds. The number of nitrogens with zero attached hydrogens (tertiary/aromatic N) is 1. The van der Waals surface area contributed by atoms with Gasteiger partial charge in [-0.2, -0.15) is 0 Å². The van der Waals surface area contributed by atoms with Gasteiger partial charge in [0.2, 0.25) is 0 Å². The Morgan fingerprint density at radius 3 is 2.44 bits per heavy atom. The first-order valence-corrected chi connectivity index (χ1v) is 8.27. The standard InChI is InChI=1S/C18H28N2O5/c1-14(12-20(10-11-21)17(23)25-18(2,3)4)19-16(22)24-13-15-8-6-5-7-9-15/h5-9,14,21H,10-13H2,1-4H3,(H,19,22)/t14-/m0/s1. The molecule has 2 N–H and O–H groups in total. The second-order valence-electron chi connectivity index (χ2n) is 6.76. The summed E-state index contributed by atoms with van der Waals surface area (Å²) in [5.41, 5.74) is 0.261. The minimum atomic E-state index is -0.629. The van der Waals surface area contributed by atoms with E-state index < -0.39 is 17.8 Å². The minimum Gasteiger partial charge on any atom is -0.445 e. The zero-order valence-electron chi connectivity index (χ0n) is 15.3. The summed E-state index contributed by atoms with van der Waals surface area (Å²) in [6, 6.07) is 8.99. The van der Waals surface area contributed by atoms with Crippen molar-refractivity contribution in [1.29, 1.82) is 0 Å². The Balaban J connectivity index is 2.46. The largest absolute Gasteiger partial charge is 0.445 e. The van der Waals surface area contributed by atoms with Gasteiger partial charge in [0.1, 0.15) is 12.2 Å². The number of hydrogen-bond donors (Lipinski definition) is 2. The molecule has 0 aliphatic carbocycles. The molecule has 25 heavy (non-hydrogen) atoms. The fourth-order valence-corrected chi connectivity index (χ4v) is 2.05. The molecule has 1 aromatic carbocycles. The molecule has 0 radical (unpaired) electrons. The van der Waals surface area contributed by atoms with Crippen molar-refractivity contribution in [2.45, 2.75) is 45.9 Å². The van der Waals surface area contributed by atoms with E-state index in [1.54, 1.807) is 27.7 Å². The Kier molecular flexibility index (Phi) is 8.21. The Bertz CT molecular complexity index is 542. The van der Waals surface area contributed by atoms with E-state index in [0.717, 1.165) is 5.56 Å². The average Bonchev–Trinajstić information content (AvgIpc) is 2.52. The molecule has 7 nitrogen and oxygen atoms in total. The summed E-state index contributed by atoms with van der Waals surface area (Å²) >= 11 is 0. The van der Waals surface area contributed by atoms with E-state index in [4.69, 9.17) is 14.6 Å². The lowest BCUT2D eigenvalue weighted by molar-refractivity contribution is 0.0201. The highest BCUT2D eigenvalue weighted by atomic mass is 16.6. The van der Waals surface area contributed by atoms with Gasteiger partial charge in [-0.15, -0.1) is 0 Å². The number of carbonyl (C=O) groups excluding carboxylic acids is 2. The fraction of sp³-hybridized carbons (Fsp3) is 0.556. The first-order chi connectivity index (χ1) is 11.7. The van der Waals surface area contributed by atoms with Crippen molar-refractivity contribution in [3.8, 4) is 0 Å². The van der Waals surface area contributed by atoms with Crippen LogP contribution in [0.25, 0.3) is 0 Å². The van der Waals surface area contributed by atoms with E-state index in [1.807, 2.05) is 30.3 Å². The van der Waals surface area contributed by atoms with Gasteiger partial charge in [0, 0.05) is 19.1 Å². The predicted molar refractivity (Wildman–Crippen MR) is 94.1 cm³/mol. The van der Waals surface area contributed by atoms with Gasteiger partial charge in [0.15, 0.2) is 0 Å². The maximum absolute atomic E-state index is 12.1. The van der Waals surface area contributed by atoms with Crippen LogP contribution < -0.4 is 5.32 Å². The maximum Gasteiger partial charge on any atom is 0.410 e. The predicted octanol–water partition coefficient (Wildman–Crippen LogP) is 2.53. The molecular formula is C18H28N2O5. The molecule has 1 atom stereocenters. The number of ether oxygens (including phenoxy) is 2. The zero-order valence-corrected chi connectivity index (χ0v) is 15.3. The Morgan fingerprint density at radius 2 is 1.88 bits per heavy atom. The molecule has 0 aliphatic rings. The molecule has 1 rings (SSSR count). The van der Waals surface area contributed by atoms with Crippen LogP contribution in [0.15, 0.2) is 30.3 Å². The number of aliphatic hydroxyl groups is 1. The summed E-state index contributed by atoms with van der Waals surface area (Å²) in [4.78, 5) is 25.3. The van der Waals surface area contributed by atoms with Crippen LogP contribution in [-0.4, -0.2) is 53.5 Å². The molecule has 140 valence electrons. The Morgan fingerprint density at radius 1 is 1.24 bits per heavy atom. The summed E-state index contributed by atoms with van der Waals surface area (Å²) in [6.07, 6.45) is -1.10. The van der Waals surface area contributed by atoms with Crippen LogP contribution in [0.5, 0.6) is 0 Å². The molecule has 0 saturated carbocycles. The van der Waals surface area contributed by atoms with Crippen molar-refractivity contribution < 1.29 is 24.2 Å². The lowest BCUT2D eigenvalue weighted by Crippen LogP contribution is -2.47. The first kappa shape index (κ1) is 20.8. The Hall–Kier alpha value is -2.28. The minimum absolute atomic E-state index is 0.125. The van der Waals surface area contributed by atoms with Gasteiger partial charge in [0.05, 0.1) is 6.61 Å². The summed E-state index contributed by atoms with van der Waals surface area (Å²) in [6.45, 7) is 7.37. The lowest BCUT2D eigenvalue weighted by Gasteiger charge is -2.29. The molecule has 0 unspecified atom stereocenters. The SMILES string of the molecule is C[C@@H](CN(CCO)C(=O)OC(C)(C)C)NC(=O)OCc1ccccc1. The Labute approximate surface area is 148 Å². The van der Waals surface area contributed by atoms with Gasteiger partial charge in [-0.25, -0.2) is 9.59 Å². The van der Waals surface area contributed by atoms with E-state index in [1.165, 1.54) is 4.90 Å². The van der Waals surface area contributed by atoms with E-state index in [9.17, 15) is 9.59 Å². The van der Waals surface area contributed by atoms with Crippen LogP contribution in [0, 0.1) is 0 Å². The van der Waals surface area contributed by atoms with Gasteiger partial charge < -0.3 is 24.8 Å². The van der Waals surface area contributed by atoms with Crippen LogP contribution >= 0.6 is 0 Å². The molecule has 0 bridgehead atoms. The smallest absolute Gasteiger partial charge is 0.410 e. The van der Waals surface area contributed by atoms with Crippen LogP contribution in [-0.2, 0) is 16.1 Å². The molecule has 0 heterocycles. The van der Waals surface area contributed by atoms with E-state index in [0.29, 0.717) is 0 Å². The third-order valence-corrected chi connectivity index (χ3v) is 3.09. The van der Waals surface area contributed by atoms with Crippen LogP contribution in [0.3, 0.4) is 0 Å². The van der Waals surface area contributed by atoms with E-state index in [-0.39, 0.29) is 32.3 Å². The molecule has 0 saturated heterocycles. The maximum atomic E-state index is 12.1. The van der Waals surface area contributed by atoms with Crippen LogP contribution in [0.4, 0.5) is 9.59 Å². The molecule has 7 heteroatoms. The van der Waals surface area contributed by atoms with Gasteiger partial charge in [-0.3, -0.25) is 0 Å². The van der Waals surface area contributed by atoms with Crippen LogP contribution in [0.1, 0.15) is 33.3 Å². The fourth-order valence-electron chi connectivity index (χ4n) is 2.05. The van der Waals surface area contributed by atoms with Gasteiger partial charge in [0.25, 0.3) is 0 Å². The molecule has 0 fully saturated rings. The normalized spacial score (nSPS) is 12.2. The van der Waals surface area contributed by atoms with E-state index in [2.05, 4.69) is 5.32 Å². The average molecular weight is 352 g/mol. The number of hydrogen-bond acceptors (Lipinski definition) is 5. The number of nitrogens with one attached hydrogen (secondary N) is 1. The van der Waals surface area contributed by atoms with Crippen molar-refractivity contribution in [1.82, 2.24) is 10.2 Å². The number of benzene rings is 1. The van der Waals surface area contributed by atoms with Crippen molar-refractivity contribution >= 4 is 12.2 Å². The molecular weight excluding hydrogens is 324 g/mol. The lowest BCUT2D eigenvalue weighted by atomic mass is 10.2. The van der Waals surface area contributed by atoms with Crippen LogP contribution in [0.2, 0.25) is 0 Å². The quantitative estimate of drug-likeness (QED) is 0.787. The van der Waals surface area contributed by atoms with Gasteiger partial charge >= 0.3 is 12.2 Å². The number of aliphatic hydroxyl groups excluding tert-OH is 1. The monoisotopic (exact) mass is 352 g/mol. The topological polar surface area (TPSA) is 88.1 Å². The number of alkyl carbamates (subject to hydrolysis) is 1. The van der Waals surface area contributed by atoms with Crippen molar-refractivity contribution in [3.63, 3.8) is 0 Å². The van der Waals surface area contributed by atoms with Gasteiger partial charge in [-0.05, 0) is 33.3 Å². The number of amides is 2. The summed E-state index contributed by atoms with van der Waals surface area (Å²) in [7, 11) is 0. The van der Waals surface area contributed by atoms with Gasteiger partial charge in [-0.1, -0.05) is 30.3 Å². The summed E-state index contributed by atoms with van der Waals surface area (Å²) in [5, 5.41) is 11.8. The highest BCUT2D eigenvalue weighted by molar-refractivity contribution is 5.69. The summed E-state index contributed by atoms with van der Waals surface area (Å²) in [5.74, 6) is 0. The molecule has 0 aromatic heterocycles.